The molecule has 0 unspecified atom stereocenters. The number of pyridine rings is 1. The van der Waals surface area contributed by atoms with Crippen LogP contribution in [0.2, 0.25) is 5.15 Å². The molecule has 0 bridgehead atoms. The third-order valence-corrected chi connectivity index (χ3v) is 2.86. The fraction of sp³-hybridized carbons (Fsp3) is 0.400. The number of nitrogen functional groups attached to an aromatic ring is 1. The van der Waals surface area contributed by atoms with E-state index >= 15 is 0 Å². The summed E-state index contributed by atoms with van der Waals surface area (Å²) in [6.07, 6.45) is 4.35. The first-order valence-corrected chi connectivity index (χ1v) is 6.60. The zero-order valence-electron chi connectivity index (χ0n) is 9.00. The van der Waals surface area contributed by atoms with Crippen LogP contribution in [0.3, 0.4) is 0 Å². The van der Waals surface area contributed by atoms with Gasteiger partial charge in [0, 0.05) is 6.54 Å². The zero-order valence-corrected chi connectivity index (χ0v) is 10.6. The lowest BCUT2D eigenvalue weighted by Crippen LogP contribution is -2.25. The van der Waals surface area contributed by atoms with Crippen LogP contribution in [0.15, 0.2) is 12.3 Å². The molecule has 6 heteroatoms. The van der Waals surface area contributed by atoms with Crippen LogP contribution < -0.4 is 11.1 Å². The van der Waals surface area contributed by atoms with Crippen molar-refractivity contribution < 1.29 is 4.79 Å². The molecule has 0 saturated carbocycles. The normalized spacial score (nSPS) is 10.1. The zero-order chi connectivity index (χ0) is 12.0. The Kier molecular flexibility index (Phi) is 5.42. The Labute approximate surface area is 104 Å². The molecule has 1 heterocycles. The van der Waals surface area contributed by atoms with Gasteiger partial charge >= 0.3 is 0 Å². The van der Waals surface area contributed by atoms with Crippen molar-refractivity contribution in [2.45, 2.75) is 6.42 Å². The van der Waals surface area contributed by atoms with Gasteiger partial charge in [0.2, 0.25) is 0 Å². The second-order valence-corrected chi connectivity index (χ2v) is 4.57. The molecule has 16 heavy (non-hydrogen) atoms. The number of aromatic nitrogens is 1. The highest BCUT2D eigenvalue weighted by atomic mass is 35.5. The summed E-state index contributed by atoms with van der Waals surface area (Å²) in [5, 5.41) is 3.05. The summed E-state index contributed by atoms with van der Waals surface area (Å²) in [5.41, 5.74) is 6.35. The molecule has 0 aliphatic heterocycles. The molecule has 0 saturated heterocycles. The number of carbonyl (C=O) groups is 1. The van der Waals surface area contributed by atoms with E-state index in [0.29, 0.717) is 17.8 Å². The first kappa shape index (κ1) is 13.1. The summed E-state index contributed by atoms with van der Waals surface area (Å²) in [6, 6.07) is 1.47. The standard InChI is InChI=1S/C10H14ClN3OS/c1-16-4-2-3-13-10(15)7-5-9(11)14-6-8(7)12/h5-6H,2-4,12H2,1H3,(H,13,15). The van der Waals surface area contributed by atoms with E-state index in [9.17, 15) is 4.79 Å². The summed E-state index contributed by atoms with van der Waals surface area (Å²) in [5.74, 6) is 0.815. The van der Waals surface area contributed by atoms with Crippen LogP contribution in [0, 0.1) is 0 Å². The summed E-state index contributed by atoms with van der Waals surface area (Å²) in [6.45, 7) is 0.638. The lowest BCUT2D eigenvalue weighted by Gasteiger charge is -2.06. The molecular formula is C10H14ClN3OS. The monoisotopic (exact) mass is 259 g/mol. The molecule has 0 aromatic carbocycles. The van der Waals surface area contributed by atoms with Crippen molar-refractivity contribution in [2.24, 2.45) is 0 Å². The van der Waals surface area contributed by atoms with Crippen LogP contribution in [0.25, 0.3) is 0 Å². The van der Waals surface area contributed by atoms with Gasteiger partial charge in [0.25, 0.3) is 5.91 Å². The van der Waals surface area contributed by atoms with E-state index in [1.165, 1.54) is 12.3 Å². The van der Waals surface area contributed by atoms with E-state index in [-0.39, 0.29) is 11.1 Å². The molecule has 1 aromatic heterocycles. The maximum absolute atomic E-state index is 11.7. The Morgan fingerprint density at radius 1 is 1.69 bits per heavy atom. The second-order valence-electron chi connectivity index (χ2n) is 3.20. The molecule has 3 N–H and O–H groups in total. The molecule has 1 rings (SSSR count). The van der Waals surface area contributed by atoms with Crippen LogP contribution in [0.5, 0.6) is 0 Å². The SMILES string of the molecule is CSCCCNC(=O)c1cc(Cl)ncc1N. The number of rotatable bonds is 5. The predicted molar refractivity (Wildman–Crippen MR) is 69.0 cm³/mol. The van der Waals surface area contributed by atoms with Crippen molar-refractivity contribution in [2.75, 3.05) is 24.3 Å². The summed E-state index contributed by atoms with van der Waals surface area (Å²) < 4.78 is 0. The van der Waals surface area contributed by atoms with Crippen LogP contribution in [0.4, 0.5) is 5.69 Å². The van der Waals surface area contributed by atoms with Gasteiger partial charge in [-0.3, -0.25) is 4.79 Å². The fourth-order valence-electron chi connectivity index (χ4n) is 1.15. The minimum Gasteiger partial charge on any atom is -0.397 e. The van der Waals surface area contributed by atoms with Crippen LogP contribution in [-0.4, -0.2) is 29.4 Å². The van der Waals surface area contributed by atoms with Crippen molar-refractivity contribution >= 4 is 35.0 Å². The van der Waals surface area contributed by atoms with Gasteiger partial charge in [-0.25, -0.2) is 4.98 Å². The smallest absolute Gasteiger partial charge is 0.253 e. The molecule has 1 aromatic rings. The van der Waals surface area contributed by atoms with Gasteiger partial charge in [0.15, 0.2) is 0 Å². The minimum absolute atomic E-state index is 0.206. The van der Waals surface area contributed by atoms with Crippen LogP contribution in [-0.2, 0) is 0 Å². The molecule has 0 aliphatic rings. The Balaban J connectivity index is 2.55. The lowest BCUT2D eigenvalue weighted by molar-refractivity contribution is 0.0954. The number of amides is 1. The molecule has 0 radical (unpaired) electrons. The fourth-order valence-corrected chi connectivity index (χ4v) is 1.74. The molecule has 0 fully saturated rings. The highest BCUT2D eigenvalue weighted by Gasteiger charge is 2.09. The number of thioether (sulfide) groups is 1. The summed E-state index contributed by atoms with van der Waals surface area (Å²) in [7, 11) is 0. The van der Waals surface area contributed by atoms with Gasteiger partial charge in [-0.15, -0.1) is 0 Å². The number of carbonyl (C=O) groups excluding carboxylic acids is 1. The largest absolute Gasteiger partial charge is 0.397 e. The van der Waals surface area contributed by atoms with E-state index in [1.54, 1.807) is 11.8 Å². The van der Waals surface area contributed by atoms with Crippen molar-refractivity contribution in [3.63, 3.8) is 0 Å². The summed E-state index contributed by atoms with van der Waals surface area (Å²) in [4.78, 5) is 15.5. The Morgan fingerprint density at radius 3 is 3.12 bits per heavy atom. The number of hydrogen-bond acceptors (Lipinski definition) is 4. The molecule has 0 aliphatic carbocycles. The topological polar surface area (TPSA) is 68.0 Å². The Bertz CT molecular complexity index is 373. The first-order valence-electron chi connectivity index (χ1n) is 4.83. The van der Waals surface area contributed by atoms with Crippen molar-refractivity contribution in [1.82, 2.24) is 10.3 Å². The number of anilines is 1. The molecule has 88 valence electrons. The Morgan fingerprint density at radius 2 is 2.44 bits per heavy atom. The number of nitrogens with one attached hydrogen (secondary N) is 1. The lowest BCUT2D eigenvalue weighted by atomic mass is 10.2. The molecular weight excluding hydrogens is 246 g/mol. The molecule has 0 atom stereocenters. The van der Waals surface area contributed by atoms with Crippen molar-refractivity contribution in [1.29, 1.82) is 0 Å². The highest BCUT2D eigenvalue weighted by molar-refractivity contribution is 7.98. The van der Waals surface area contributed by atoms with E-state index in [0.717, 1.165) is 12.2 Å². The van der Waals surface area contributed by atoms with Crippen LogP contribution in [0.1, 0.15) is 16.8 Å². The van der Waals surface area contributed by atoms with Gasteiger partial charge in [0.05, 0.1) is 17.4 Å². The van der Waals surface area contributed by atoms with E-state index in [4.69, 9.17) is 17.3 Å². The van der Waals surface area contributed by atoms with Crippen LogP contribution >= 0.6 is 23.4 Å². The Hall–Kier alpha value is -0.940. The van der Waals surface area contributed by atoms with Gasteiger partial charge in [0.1, 0.15) is 5.15 Å². The van der Waals surface area contributed by atoms with E-state index in [1.807, 2.05) is 6.26 Å². The maximum atomic E-state index is 11.7. The molecule has 0 spiro atoms. The van der Waals surface area contributed by atoms with E-state index in [2.05, 4.69) is 10.3 Å². The predicted octanol–water partition coefficient (Wildman–Crippen LogP) is 1.80. The summed E-state index contributed by atoms with van der Waals surface area (Å²) >= 11 is 7.44. The van der Waals surface area contributed by atoms with Gasteiger partial charge in [-0.1, -0.05) is 11.6 Å². The average molecular weight is 260 g/mol. The quantitative estimate of drug-likeness (QED) is 0.625. The molecule has 1 amide bonds. The average Bonchev–Trinajstić information content (AvgIpc) is 2.27. The van der Waals surface area contributed by atoms with Crippen molar-refractivity contribution in [3.8, 4) is 0 Å². The van der Waals surface area contributed by atoms with Gasteiger partial charge < -0.3 is 11.1 Å². The van der Waals surface area contributed by atoms with E-state index < -0.39 is 0 Å². The second kappa shape index (κ2) is 6.60. The number of hydrogen-bond donors (Lipinski definition) is 2. The highest BCUT2D eigenvalue weighted by Crippen LogP contribution is 2.14. The number of nitrogens with two attached hydrogens (primary N) is 1. The number of halogens is 1. The first-order chi connectivity index (χ1) is 7.65. The van der Waals surface area contributed by atoms with Gasteiger partial charge in [-0.05, 0) is 24.5 Å². The number of nitrogens with zero attached hydrogens (tertiary/aromatic N) is 1. The third kappa shape index (κ3) is 3.90. The maximum Gasteiger partial charge on any atom is 0.253 e. The van der Waals surface area contributed by atoms with Crippen molar-refractivity contribution in [3.05, 3.63) is 23.0 Å². The van der Waals surface area contributed by atoms with Gasteiger partial charge in [-0.2, -0.15) is 11.8 Å². The molecule has 4 nitrogen and oxygen atoms in total. The third-order valence-electron chi connectivity index (χ3n) is 1.96. The minimum atomic E-state index is -0.206.